The molecule has 0 aromatic carbocycles. The molecule has 72 valence electrons. The highest BCUT2D eigenvalue weighted by molar-refractivity contribution is 4.86. The smallest absolute Gasteiger partial charge is 0.133 e. The summed E-state index contributed by atoms with van der Waals surface area (Å²) in [6, 6.07) is 0.549. The molecule has 0 unspecified atom stereocenters. The Labute approximate surface area is 77.1 Å². The number of nitrogens with one attached hydrogen (secondary N) is 1. The summed E-state index contributed by atoms with van der Waals surface area (Å²) in [7, 11) is 1.96. The molecule has 5 nitrogen and oxygen atoms in total. The van der Waals surface area contributed by atoms with E-state index in [1.807, 2.05) is 11.6 Å². The van der Waals surface area contributed by atoms with Crippen LogP contribution in [0.3, 0.4) is 0 Å². The molecule has 1 fully saturated rings. The van der Waals surface area contributed by atoms with Crippen LogP contribution in [0.5, 0.6) is 0 Å². The van der Waals surface area contributed by atoms with Crippen LogP contribution < -0.4 is 5.32 Å². The molecular weight excluding hydrogens is 168 g/mol. The van der Waals surface area contributed by atoms with Gasteiger partial charge in [-0.3, -0.25) is 0 Å². The summed E-state index contributed by atoms with van der Waals surface area (Å²) in [5, 5.41) is 11.2. The topological polar surface area (TPSA) is 52.0 Å². The fourth-order valence-electron chi connectivity index (χ4n) is 1.28. The Morgan fingerprint density at radius 3 is 3.08 bits per heavy atom. The summed E-state index contributed by atoms with van der Waals surface area (Å²) in [6.45, 7) is 2.64. The standard InChI is InChI=1S/C8H14N4O/c1-12-6-10-11-8(12)2-3-9-7-4-13-5-7/h6-7,9H,2-5H2,1H3. The van der Waals surface area contributed by atoms with E-state index in [0.717, 1.165) is 32.0 Å². The van der Waals surface area contributed by atoms with Gasteiger partial charge in [0.15, 0.2) is 0 Å². The fourth-order valence-corrected chi connectivity index (χ4v) is 1.28. The lowest BCUT2D eigenvalue weighted by Gasteiger charge is -2.26. The molecule has 1 aliphatic heterocycles. The molecular formula is C8H14N4O. The van der Waals surface area contributed by atoms with E-state index in [4.69, 9.17) is 4.74 Å². The van der Waals surface area contributed by atoms with Crippen LogP contribution in [0.2, 0.25) is 0 Å². The van der Waals surface area contributed by atoms with Gasteiger partial charge in [0.25, 0.3) is 0 Å². The first-order valence-electron chi connectivity index (χ1n) is 4.50. The highest BCUT2D eigenvalue weighted by Gasteiger charge is 2.16. The molecule has 1 aromatic rings. The van der Waals surface area contributed by atoms with Crippen molar-refractivity contribution in [3.05, 3.63) is 12.2 Å². The van der Waals surface area contributed by atoms with E-state index in [1.165, 1.54) is 0 Å². The summed E-state index contributed by atoms with van der Waals surface area (Å²) < 4.78 is 6.99. The molecule has 5 heteroatoms. The minimum atomic E-state index is 0.549. The largest absolute Gasteiger partial charge is 0.378 e. The first-order chi connectivity index (χ1) is 6.36. The van der Waals surface area contributed by atoms with Crippen LogP contribution in [-0.4, -0.2) is 40.6 Å². The van der Waals surface area contributed by atoms with Crippen LogP contribution >= 0.6 is 0 Å². The number of aromatic nitrogens is 3. The number of hydrogen-bond acceptors (Lipinski definition) is 4. The van der Waals surface area contributed by atoms with Crippen molar-refractivity contribution < 1.29 is 4.74 Å². The third-order valence-corrected chi connectivity index (χ3v) is 2.22. The maximum atomic E-state index is 5.05. The molecule has 0 spiro atoms. The average Bonchev–Trinajstić information content (AvgIpc) is 2.42. The Balaban J connectivity index is 1.70. The van der Waals surface area contributed by atoms with Crippen LogP contribution in [0.4, 0.5) is 0 Å². The van der Waals surface area contributed by atoms with Crippen LogP contribution in [0.15, 0.2) is 6.33 Å². The zero-order valence-electron chi connectivity index (χ0n) is 7.73. The zero-order chi connectivity index (χ0) is 9.10. The first-order valence-corrected chi connectivity index (χ1v) is 4.50. The molecule has 1 aliphatic rings. The van der Waals surface area contributed by atoms with E-state index in [0.29, 0.717) is 6.04 Å². The van der Waals surface area contributed by atoms with E-state index >= 15 is 0 Å². The lowest BCUT2D eigenvalue weighted by atomic mass is 10.2. The number of aryl methyl sites for hydroxylation is 1. The Bertz CT molecular complexity index is 269. The van der Waals surface area contributed by atoms with Crippen LogP contribution in [0.25, 0.3) is 0 Å². The predicted octanol–water partition coefficient (Wildman–Crippen LogP) is -0.654. The van der Waals surface area contributed by atoms with Gasteiger partial charge >= 0.3 is 0 Å². The summed E-state index contributed by atoms with van der Waals surface area (Å²) in [5.74, 6) is 1.02. The Hall–Kier alpha value is -0.940. The molecule has 1 aromatic heterocycles. The van der Waals surface area contributed by atoms with Gasteiger partial charge in [-0.15, -0.1) is 10.2 Å². The fraction of sp³-hybridized carbons (Fsp3) is 0.750. The van der Waals surface area contributed by atoms with Gasteiger partial charge in [0, 0.05) is 20.0 Å². The summed E-state index contributed by atoms with van der Waals surface area (Å²) in [6.07, 6.45) is 2.65. The lowest BCUT2D eigenvalue weighted by Crippen LogP contribution is -2.46. The minimum absolute atomic E-state index is 0.549. The van der Waals surface area contributed by atoms with E-state index < -0.39 is 0 Å². The van der Waals surface area contributed by atoms with Gasteiger partial charge in [-0.25, -0.2) is 0 Å². The second-order valence-electron chi connectivity index (χ2n) is 3.30. The summed E-state index contributed by atoms with van der Waals surface area (Å²) in [4.78, 5) is 0. The second kappa shape index (κ2) is 3.85. The molecule has 2 heterocycles. The van der Waals surface area contributed by atoms with Crippen LogP contribution in [-0.2, 0) is 18.2 Å². The van der Waals surface area contributed by atoms with Gasteiger partial charge in [-0.2, -0.15) is 0 Å². The van der Waals surface area contributed by atoms with E-state index in [9.17, 15) is 0 Å². The Kier molecular flexibility index (Phi) is 2.56. The monoisotopic (exact) mass is 182 g/mol. The van der Waals surface area contributed by atoms with E-state index in [-0.39, 0.29) is 0 Å². The van der Waals surface area contributed by atoms with Crippen molar-refractivity contribution in [1.29, 1.82) is 0 Å². The lowest BCUT2D eigenvalue weighted by molar-refractivity contribution is -0.00474. The molecule has 0 atom stereocenters. The van der Waals surface area contributed by atoms with Crippen molar-refractivity contribution in [3.8, 4) is 0 Å². The molecule has 0 amide bonds. The van der Waals surface area contributed by atoms with Crippen molar-refractivity contribution in [2.45, 2.75) is 12.5 Å². The number of rotatable bonds is 4. The maximum Gasteiger partial charge on any atom is 0.133 e. The predicted molar refractivity (Wildman–Crippen MR) is 47.3 cm³/mol. The zero-order valence-corrected chi connectivity index (χ0v) is 7.73. The van der Waals surface area contributed by atoms with E-state index in [1.54, 1.807) is 6.33 Å². The normalized spacial score (nSPS) is 17.3. The van der Waals surface area contributed by atoms with Crippen molar-refractivity contribution in [2.24, 2.45) is 7.05 Å². The molecule has 0 bridgehead atoms. The van der Waals surface area contributed by atoms with Crippen molar-refractivity contribution >= 4 is 0 Å². The highest BCUT2D eigenvalue weighted by atomic mass is 16.5. The second-order valence-corrected chi connectivity index (χ2v) is 3.30. The maximum absolute atomic E-state index is 5.05. The molecule has 2 rings (SSSR count). The SMILES string of the molecule is Cn1cnnc1CCNC1COC1. The first kappa shape index (κ1) is 8.65. The van der Waals surface area contributed by atoms with E-state index in [2.05, 4.69) is 15.5 Å². The highest BCUT2D eigenvalue weighted by Crippen LogP contribution is 1.99. The summed E-state index contributed by atoms with van der Waals surface area (Å²) >= 11 is 0. The quantitative estimate of drug-likeness (QED) is 0.672. The molecule has 0 saturated carbocycles. The Morgan fingerprint density at radius 2 is 2.54 bits per heavy atom. The van der Waals surface area contributed by atoms with Crippen LogP contribution in [0, 0.1) is 0 Å². The average molecular weight is 182 g/mol. The molecule has 0 aliphatic carbocycles. The van der Waals surface area contributed by atoms with Gasteiger partial charge in [0.05, 0.1) is 19.3 Å². The van der Waals surface area contributed by atoms with Crippen LogP contribution in [0.1, 0.15) is 5.82 Å². The Morgan fingerprint density at radius 1 is 1.69 bits per heavy atom. The number of nitrogens with zero attached hydrogens (tertiary/aromatic N) is 3. The van der Waals surface area contributed by atoms with Gasteiger partial charge in [0.1, 0.15) is 12.2 Å². The van der Waals surface area contributed by atoms with Gasteiger partial charge < -0.3 is 14.6 Å². The molecule has 0 radical (unpaired) electrons. The van der Waals surface area contributed by atoms with Gasteiger partial charge in [-0.05, 0) is 0 Å². The third kappa shape index (κ3) is 2.05. The minimum Gasteiger partial charge on any atom is -0.378 e. The third-order valence-electron chi connectivity index (χ3n) is 2.22. The van der Waals surface area contributed by atoms with Crippen molar-refractivity contribution in [1.82, 2.24) is 20.1 Å². The number of hydrogen-bond donors (Lipinski definition) is 1. The molecule has 1 saturated heterocycles. The molecule has 13 heavy (non-hydrogen) atoms. The summed E-state index contributed by atoms with van der Waals surface area (Å²) in [5.41, 5.74) is 0. The van der Waals surface area contributed by atoms with Crippen molar-refractivity contribution in [2.75, 3.05) is 19.8 Å². The number of ether oxygens (including phenoxy) is 1. The van der Waals surface area contributed by atoms with Gasteiger partial charge in [0.2, 0.25) is 0 Å². The van der Waals surface area contributed by atoms with Crippen molar-refractivity contribution in [3.63, 3.8) is 0 Å². The van der Waals surface area contributed by atoms with Gasteiger partial charge in [-0.1, -0.05) is 0 Å². The molecule has 1 N–H and O–H groups in total.